The van der Waals surface area contributed by atoms with Gasteiger partial charge in [-0.2, -0.15) is 0 Å². The number of carbonyl (C=O) groups is 2. The molecular formula is C12H24N2O3. The van der Waals surface area contributed by atoms with E-state index in [4.69, 9.17) is 10.8 Å². The maximum atomic E-state index is 11.6. The van der Waals surface area contributed by atoms with Gasteiger partial charge in [-0.15, -0.1) is 0 Å². The van der Waals surface area contributed by atoms with E-state index in [0.717, 1.165) is 25.7 Å². The summed E-state index contributed by atoms with van der Waals surface area (Å²) in [5.74, 6) is -0.778. The Kier molecular flexibility index (Phi) is 8.40. The van der Waals surface area contributed by atoms with Crippen LogP contribution in [0.15, 0.2) is 0 Å². The Labute approximate surface area is 103 Å². The lowest BCUT2D eigenvalue weighted by Crippen LogP contribution is -2.32. The summed E-state index contributed by atoms with van der Waals surface area (Å²) in [5.41, 5.74) is 5.36. The molecule has 4 N–H and O–H groups in total. The summed E-state index contributed by atoms with van der Waals surface area (Å²) in [6.07, 6.45) is 3.65. The molecule has 0 rings (SSSR count). The van der Waals surface area contributed by atoms with E-state index in [1.165, 1.54) is 0 Å². The molecule has 0 saturated heterocycles. The van der Waals surface area contributed by atoms with E-state index < -0.39 is 12.0 Å². The van der Waals surface area contributed by atoms with E-state index in [2.05, 4.69) is 5.32 Å². The van der Waals surface area contributed by atoms with Crippen LogP contribution in [0.4, 0.5) is 0 Å². The molecule has 0 aromatic heterocycles. The zero-order valence-corrected chi connectivity index (χ0v) is 10.7. The van der Waals surface area contributed by atoms with E-state index in [-0.39, 0.29) is 11.8 Å². The molecule has 1 unspecified atom stereocenters. The third kappa shape index (κ3) is 6.94. The third-order valence-corrected chi connectivity index (χ3v) is 2.91. The van der Waals surface area contributed by atoms with Gasteiger partial charge in [-0.3, -0.25) is 9.59 Å². The van der Waals surface area contributed by atoms with Gasteiger partial charge in [0.2, 0.25) is 5.91 Å². The first-order chi connectivity index (χ1) is 8.02. The van der Waals surface area contributed by atoms with Gasteiger partial charge in [-0.05, 0) is 32.1 Å². The molecule has 0 aliphatic carbocycles. The second-order valence-electron chi connectivity index (χ2n) is 4.24. The number of unbranched alkanes of at least 4 members (excludes halogenated alkanes) is 1. The van der Waals surface area contributed by atoms with Crippen LogP contribution in [0.25, 0.3) is 0 Å². The van der Waals surface area contributed by atoms with Crippen molar-refractivity contribution in [1.82, 2.24) is 5.32 Å². The van der Waals surface area contributed by atoms with Gasteiger partial charge in [0.05, 0.1) is 0 Å². The zero-order chi connectivity index (χ0) is 13.3. The average molecular weight is 244 g/mol. The number of carbonyl (C=O) groups excluding carboxylic acids is 1. The Morgan fingerprint density at radius 3 is 2.29 bits per heavy atom. The van der Waals surface area contributed by atoms with Crippen molar-refractivity contribution in [3.05, 3.63) is 0 Å². The van der Waals surface area contributed by atoms with Crippen LogP contribution in [0, 0.1) is 5.92 Å². The topological polar surface area (TPSA) is 92.4 Å². The highest BCUT2D eigenvalue weighted by Gasteiger charge is 2.13. The number of hydrogen-bond donors (Lipinski definition) is 3. The summed E-state index contributed by atoms with van der Waals surface area (Å²) in [6, 6.07) is -0.787. The number of hydrogen-bond acceptors (Lipinski definition) is 3. The number of rotatable bonds is 9. The summed E-state index contributed by atoms with van der Waals surface area (Å²) in [7, 11) is 0. The standard InChI is InChI=1S/C12H24N2O3/c1-3-9(4-2)11(15)14-8-6-5-7-10(13)12(16)17/h9-10H,3-8,13H2,1-2H3,(H,14,15)(H,16,17). The lowest BCUT2D eigenvalue weighted by molar-refractivity contribution is -0.138. The van der Waals surface area contributed by atoms with Crippen LogP contribution < -0.4 is 11.1 Å². The molecule has 5 heteroatoms. The van der Waals surface area contributed by atoms with E-state index in [0.29, 0.717) is 13.0 Å². The van der Waals surface area contributed by atoms with Crippen LogP contribution in [-0.2, 0) is 9.59 Å². The Morgan fingerprint density at radius 2 is 1.82 bits per heavy atom. The molecule has 17 heavy (non-hydrogen) atoms. The van der Waals surface area contributed by atoms with Crippen LogP contribution in [0.1, 0.15) is 46.0 Å². The van der Waals surface area contributed by atoms with E-state index in [1.54, 1.807) is 0 Å². The number of amides is 1. The van der Waals surface area contributed by atoms with Crippen molar-refractivity contribution in [3.63, 3.8) is 0 Å². The maximum absolute atomic E-state index is 11.6. The maximum Gasteiger partial charge on any atom is 0.320 e. The molecule has 0 saturated carbocycles. The number of carboxylic acid groups (broad SMARTS) is 1. The molecule has 100 valence electrons. The van der Waals surface area contributed by atoms with E-state index in [1.807, 2.05) is 13.8 Å². The first-order valence-electron chi connectivity index (χ1n) is 6.29. The highest BCUT2D eigenvalue weighted by molar-refractivity contribution is 5.78. The van der Waals surface area contributed by atoms with Crippen molar-refractivity contribution in [2.24, 2.45) is 11.7 Å². The molecular weight excluding hydrogens is 220 g/mol. The molecule has 0 spiro atoms. The minimum absolute atomic E-state index is 0.0938. The minimum atomic E-state index is -0.967. The van der Waals surface area contributed by atoms with Gasteiger partial charge in [0, 0.05) is 12.5 Å². The van der Waals surface area contributed by atoms with Gasteiger partial charge in [0.25, 0.3) is 0 Å². The zero-order valence-electron chi connectivity index (χ0n) is 10.7. The minimum Gasteiger partial charge on any atom is -0.480 e. The first-order valence-corrected chi connectivity index (χ1v) is 6.29. The molecule has 0 aromatic carbocycles. The monoisotopic (exact) mass is 244 g/mol. The fraction of sp³-hybridized carbons (Fsp3) is 0.833. The second kappa shape index (κ2) is 8.98. The summed E-state index contributed by atoms with van der Waals surface area (Å²) in [4.78, 5) is 22.0. The number of carboxylic acids is 1. The predicted octanol–water partition coefficient (Wildman–Crippen LogP) is 1.12. The summed E-state index contributed by atoms with van der Waals surface area (Å²) < 4.78 is 0. The van der Waals surface area contributed by atoms with Crippen LogP contribution in [-0.4, -0.2) is 29.6 Å². The average Bonchev–Trinajstić information content (AvgIpc) is 2.29. The Bertz CT molecular complexity index is 240. The molecule has 0 aliphatic heterocycles. The summed E-state index contributed by atoms with van der Waals surface area (Å²) >= 11 is 0. The fourth-order valence-corrected chi connectivity index (χ4v) is 1.63. The highest BCUT2D eigenvalue weighted by atomic mass is 16.4. The lowest BCUT2D eigenvalue weighted by atomic mass is 10.0. The Hall–Kier alpha value is -1.10. The smallest absolute Gasteiger partial charge is 0.320 e. The fourth-order valence-electron chi connectivity index (χ4n) is 1.63. The van der Waals surface area contributed by atoms with E-state index in [9.17, 15) is 9.59 Å². The third-order valence-electron chi connectivity index (χ3n) is 2.91. The predicted molar refractivity (Wildman–Crippen MR) is 66.5 cm³/mol. The van der Waals surface area contributed by atoms with Crippen molar-refractivity contribution in [2.45, 2.75) is 52.0 Å². The van der Waals surface area contributed by atoms with Crippen molar-refractivity contribution >= 4 is 11.9 Å². The van der Waals surface area contributed by atoms with Crippen molar-refractivity contribution < 1.29 is 14.7 Å². The molecule has 0 aromatic rings. The van der Waals surface area contributed by atoms with Gasteiger partial charge in [0.1, 0.15) is 6.04 Å². The molecule has 0 radical (unpaired) electrons. The lowest BCUT2D eigenvalue weighted by Gasteiger charge is -2.12. The molecule has 0 bridgehead atoms. The number of nitrogens with two attached hydrogens (primary N) is 1. The van der Waals surface area contributed by atoms with Crippen molar-refractivity contribution in [2.75, 3.05) is 6.54 Å². The Balaban J connectivity index is 3.58. The molecule has 0 fully saturated rings. The van der Waals surface area contributed by atoms with Gasteiger partial charge >= 0.3 is 5.97 Å². The van der Waals surface area contributed by atoms with Gasteiger partial charge in [-0.25, -0.2) is 0 Å². The normalized spacial score (nSPS) is 12.5. The van der Waals surface area contributed by atoms with Gasteiger partial charge in [-0.1, -0.05) is 13.8 Å². The van der Waals surface area contributed by atoms with Crippen LogP contribution in [0.5, 0.6) is 0 Å². The van der Waals surface area contributed by atoms with Crippen molar-refractivity contribution in [3.8, 4) is 0 Å². The quantitative estimate of drug-likeness (QED) is 0.530. The molecule has 1 amide bonds. The van der Waals surface area contributed by atoms with Crippen LogP contribution in [0.2, 0.25) is 0 Å². The molecule has 0 aliphatic rings. The summed E-state index contributed by atoms with van der Waals surface area (Å²) in [5, 5.41) is 11.4. The number of nitrogens with one attached hydrogen (secondary N) is 1. The molecule has 0 heterocycles. The summed E-state index contributed by atoms with van der Waals surface area (Å²) in [6.45, 7) is 4.60. The van der Waals surface area contributed by atoms with Gasteiger partial charge < -0.3 is 16.2 Å². The van der Waals surface area contributed by atoms with Gasteiger partial charge in [0.15, 0.2) is 0 Å². The van der Waals surface area contributed by atoms with Crippen LogP contribution in [0.3, 0.4) is 0 Å². The highest BCUT2D eigenvalue weighted by Crippen LogP contribution is 2.07. The number of aliphatic carboxylic acids is 1. The largest absolute Gasteiger partial charge is 0.480 e. The van der Waals surface area contributed by atoms with Crippen molar-refractivity contribution in [1.29, 1.82) is 0 Å². The molecule has 1 atom stereocenters. The van der Waals surface area contributed by atoms with E-state index >= 15 is 0 Å². The second-order valence-corrected chi connectivity index (χ2v) is 4.24. The first kappa shape index (κ1) is 15.9. The SMILES string of the molecule is CCC(CC)C(=O)NCCCCC(N)C(=O)O. The van der Waals surface area contributed by atoms with Crippen LogP contribution >= 0.6 is 0 Å². The Morgan fingerprint density at radius 1 is 1.24 bits per heavy atom. The molecule has 5 nitrogen and oxygen atoms in total.